The number of rotatable bonds is 4. The Bertz CT molecular complexity index is 933. The van der Waals surface area contributed by atoms with Crippen molar-refractivity contribution in [1.82, 2.24) is 24.2 Å². The molecule has 172 valence electrons. The van der Waals surface area contributed by atoms with E-state index in [2.05, 4.69) is 10.1 Å². The molecule has 2 aromatic heterocycles. The zero-order valence-electron chi connectivity index (χ0n) is 17.8. The van der Waals surface area contributed by atoms with Crippen LogP contribution in [0.1, 0.15) is 67.8 Å². The zero-order valence-corrected chi connectivity index (χ0v) is 17.8. The van der Waals surface area contributed by atoms with E-state index in [0.29, 0.717) is 38.1 Å². The Morgan fingerprint density at radius 2 is 1.94 bits per heavy atom. The predicted molar refractivity (Wildman–Crippen MR) is 104 cm³/mol. The molecule has 2 aliphatic heterocycles. The summed E-state index contributed by atoms with van der Waals surface area (Å²) in [6.45, 7) is 4.34. The van der Waals surface area contributed by atoms with Crippen LogP contribution in [0.3, 0.4) is 0 Å². The van der Waals surface area contributed by atoms with Crippen molar-refractivity contribution in [3.05, 3.63) is 35.2 Å². The maximum atomic E-state index is 13.3. The van der Waals surface area contributed by atoms with Gasteiger partial charge in [-0.05, 0) is 32.8 Å². The molecule has 0 amide bonds. The second-order valence-corrected chi connectivity index (χ2v) is 8.67. The molecule has 11 heteroatoms. The average Bonchev–Trinajstić information content (AvgIpc) is 3.31. The van der Waals surface area contributed by atoms with Gasteiger partial charge in [0, 0.05) is 51.5 Å². The lowest BCUT2D eigenvalue weighted by atomic mass is 9.96. The first-order valence-electron chi connectivity index (χ1n) is 10.4. The van der Waals surface area contributed by atoms with Gasteiger partial charge in [0.1, 0.15) is 0 Å². The van der Waals surface area contributed by atoms with Crippen molar-refractivity contribution >= 4 is 0 Å². The molecule has 4 rings (SSSR count). The van der Waals surface area contributed by atoms with Crippen LogP contribution in [0, 0.1) is 0 Å². The normalized spacial score (nSPS) is 24.1. The monoisotopic (exact) mass is 443 g/mol. The topological polar surface area (TPSA) is 88.6 Å². The molecule has 0 aromatic carbocycles. The summed E-state index contributed by atoms with van der Waals surface area (Å²) in [6.07, 6.45) is -2.71. The summed E-state index contributed by atoms with van der Waals surface area (Å²) in [6, 6.07) is 1.48. The van der Waals surface area contributed by atoms with Crippen LogP contribution in [0.4, 0.5) is 13.2 Å². The fraction of sp³-hybridized carbons (Fsp3) is 0.700. The smallest absolute Gasteiger partial charge is 0.381 e. The minimum Gasteiger partial charge on any atom is -0.381 e. The van der Waals surface area contributed by atoms with Crippen molar-refractivity contribution in [2.45, 2.75) is 63.2 Å². The summed E-state index contributed by atoms with van der Waals surface area (Å²) in [5.74, 6) is -0.145. The fourth-order valence-corrected chi connectivity index (χ4v) is 4.50. The molecule has 2 aromatic rings. The van der Waals surface area contributed by atoms with Gasteiger partial charge in [0.15, 0.2) is 12.1 Å². The number of imidazole rings is 1. The summed E-state index contributed by atoms with van der Waals surface area (Å²) in [5.41, 5.74) is -1.01. The number of ether oxygens (including phenoxy) is 1. The van der Waals surface area contributed by atoms with Gasteiger partial charge in [0.2, 0.25) is 5.60 Å². The molecule has 3 atom stereocenters. The number of fused-ring (bicyclic) bond motifs is 1. The quantitative estimate of drug-likeness (QED) is 0.754. The SMILES string of the molecule is C[C@H]1CN(C(O)c2cc(C3CCOCC3)nn2C)Cc2cnc([C@@](C)(O)C(F)(F)F)n21. The van der Waals surface area contributed by atoms with Gasteiger partial charge in [-0.25, -0.2) is 4.98 Å². The lowest BCUT2D eigenvalue weighted by molar-refractivity contribution is -0.263. The van der Waals surface area contributed by atoms with Gasteiger partial charge in [-0.2, -0.15) is 18.3 Å². The third-order valence-electron chi connectivity index (χ3n) is 6.35. The van der Waals surface area contributed by atoms with E-state index in [0.717, 1.165) is 18.5 Å². The molecule has 1 saturated heterocycles. The highest BCUT2D eigenvalue weighted by atomic mass is 19.4. The van der Waals surface area contributed by atoms with E-state index < -0.39 is 29.9 Å². The van der Waals surface area contributed by atoms with E-state index >= 15 is 0 Å². The van der Waals surface area contributed by atoms with Gasteiger partial charge in [-0.3, -0.25) is 9.58 Å². The van der Waals surface area contributed by atoms with Crippen molar-refractivity contribution < 1.29 is 28.1 Å². The van der Waals surface area contributed by atoms with E-state index in [4.69, 9.17) is 4.74 Å². The van der Waals surface area contributed by atoms with Gasteiger partial charge in [0.25, 0.3) is 0 Å². The highest BCUT2D eigenvalue weighted by Crippen LogP contribution is 2.40. The highest BCUT2D eigenvalue weighted by Gasteiger charge is 2.55. The highest BCUT2D eigenvalue weighted by molar-refractivity contribution is 5.20. The molecule has 0 radical (unpaired) electrons. The lowest BCUT2D eigenvalue weighted by Gasteiger charge is -2.38. The van der Waals surface area contributed by atoms with Crippen molar-refractivity contribution in [2.75, 3.05) is 19.8 Å². The van der Waals surface area contributed by atoms with E-state index in [1.165, 1.54) is 10.8 Å². The Balaban J connectivity index is 1.57. The number of hydrogen-bond acceptors (Lipinski definition) is 6. The van der Waals surface area contributed by atoms with Crippen LogP contribution in [0.5, 0.6) is 0 Å². The number of aryl methyl sites for hydroxylation is 1. The van der Waals surface area contributed by atoms with E-state index in [1.807, 2.05) is 6.07 Å². The van der Waals surface area contributed by atoms with Crippen LogP contribution in [-0.4, -0.2) is 60.4 Å². The van der Waals surface area contributed by atoms with Crippen LogP contribution in [0.15, 0.2) is 12.3 Å². The van der Waals surface area contributed by atoms with Crippen molar-refractivity contribution in [2.24, 2.45) is 7.05 Å². The van der Waals surface area contributed by atoms with Crippen LogP contribution in [-0.2, 0) is 23.9 Å². The van der Waals surface area contributed by atoms with E-state index in [1.54, 1.807) is 23.6 Å². The van der Waals surface area contributed by atoms with Crippen LogP contribution in [0.2, 0.25) is 0 Å². The van der Waals surface area contributed by atoms with Crippen molar-refractivity contribution in [3.63, 3.8) is 0 Å². The number of aromatic nitrogens is 4. The maximum Gasteiger partial charge on any atom is 0.424 e. The summed E-state index contributed by atoms with van der Waals surface area (Å²) >= 11 is 0. The van der Waals surface area contributed by atoms with Gasteiger partial charge >= 0.3 is 6.18 Å². The van der Waals surface area contributed by atoms with Crippen LogP contribution < -0.4 is 0 Å². The molecule has 4 heterocycles. The Kier molecular flexibility index (Phi) is 5.65. The molecule has 1 unspecified atom stereocenters. The molecule has 1 fully saturated rings. The number of alkyl halides is 3. The van der Waals surface area contributed by atoms with Crippen LogP contribution >= 0.6 is 0 Å². The van der Waals surface area contributed by atoms with E-state index in [-0.39, 0.29) is 12.5 Å². The summed E-state index contributed by atoms with van der Waals surface area (Å²) in [7, 11) is 1.78. The van der Waals surface area contributed by atoms with Gasteiger partial charge in [-0.15, -0.1) is 0 Å². The number of halogens is 3. The first-order chi connectivity index (χ1) is 14.5. The zero-order chi connectivity index (χ0) is 22.6. The maximum absolute atomic E-state index is 13.3. The molecule has 0 aliphatic carbocycles. The van der Waals surface area contributed by atoms with Gasteiger partial charge in [0.05, 0.1) is 17.1 Å². The molecule has 8 nitrogen and oxygen atoms in total. The molecule has 31 heavy (non-hydrogen) atoms. The molecular weight excluding hydrogens is 415 g/mol. The van der Waals surface area contributed by atoms with Crippen LogP contribution in [0.25, 0.3) is 0 Å². The van der Waals surface area contributed by atoms with Crippen molar-refractivity contribution in [3.8, 4) is 0 Å². The Labute approximate surface area is 178 Å². The number of aliphatic hydroxyl groups is 2. The standard InChI is InChI=1S/C20H28F3N5O3/c1-12-10-27(11-14-9-24-18(28(12)14)19(2,30)20(21,22)23)17(29)16-8-15(25-26(16)3)13-4-6-31-7-5-13/h8-9,12-13,17,29-30H,4-7,10-11H2,1-3H3/t12-,17?,19+/m0/s1. The summed E-state index contributed by atoms with van der Waals surface area (Å²) in [5, 5.41) is 25.7. The Hall–Kier alpha value is -1.95. The molecule has 2 aliphatic rings. The lowest BCUT2D eigenvalue weighted by Crippen LogP contribution is -2.45. The number of nitrogens with zero attached hydrogens (tertiary/aromatic N) is 5. The second kappa shape index (κ2) is 7.88. The number of hydrogen-bond donors (Lipinski definition) is 2. The molecular formula is C20H28F3N5O3. The Morgan fingerprint density at radius 1 is 1.26 bits per heavy atom. The minimum atomic E-state index is -4.85. The van der Waals surface area contributed by atoms with Gasteiger partial charge in [-0.1, -0.05) is 0 Å². The molecule has 2 N–H and O–H groups in total. The molecule has 0 bridgehead atoms. The number of aliphatic hydroxyl groups excluding tert-OH is 1. The molecule has 0 saturated carbocycles. The summed E-state index contributed by atoms with van der Waals surface area (Å²) in [4.78, 5) is 5.67. The minimum absolute atomic E-state index is 0.199. The third-order valence-corrected chi connectivity index (χ3v) is 6.35. The largest absolute Gasteiger partial charge is 0.424 e. The average molecular weight is 443 g/mol. The van der Waals surface area contributed by atoms with Gasteiger partial charge < -0.3 is 19.5 Å². The third kappa shape index (κ3) is 3.88. The predicted octanol–water partition coefficient (Wildman–Crippen LogP) is 2.35. The van der Waals surface area contributed by atoms with E-state index in [9.17, 15) is 23.4 Å². The Morgan fingerprint density at radius 3 is 2.58 bits per heavy atom. The fourth-order valence-electron chi connectivity index (χ4n) is 4.50. The van der Waals surface area contributed by atoms with Crippen molar-refractivity contribution in [1.29, 1.82) is 0 Å². The second-order valence-electron chi connectivity index (χ2n) is 8.67. The summed E-state index contributed by atoms with van der Waals surface area (Å²) < 4.78 is 48.5. The molecule has 0 spiro atoms. The first kappa shape index (κ1) is 22.3. The first-order valence-corrected chi connectivity index (χ1v) is 10.4.